The first-order valence-electron chi connectivity index (χ1n) is 14.0. The van der Waals surface area contributed by atoms with E-state index in [1.165, 1.54) is 13.4 Å². The van der Waals surface area contributed by atoms with Gasteiger partial charge in [-0.05, 0) is 28.5 Å². The summed E-state index contributed by atoms with van der Waals surface area (Å²) in [6.45, 7) is 5.11. The number of ether oxygens (including phenoxy) is 2. The Morgan fingerprint density at radius 3 is 2.25 bits per heavy atom. The SMILES string of the molecule is BC(=O)NC(=O)C(B)(B)C(B)(B)CN1C(=O)c2cccc(OCc3ccc(CN4CCOCC4)cc3)c2C1(B)B. The van der Waals surface area contributed by atoms with Gasteiger partial charge in [-0.15, -0.1) is 0 Å². The molecule has 2 aliphatic rings. The van der Waals surface area contributed by atoms with Gasteiger partial charge < -0.3 is 19.7 Å². The smallest absolute Gasteiger partial charge is 0.253 e. The average Bonchev–Trinajstić information content (AvgIpc) is 3.09. The van der Waals surface area contributed by atoms with Crippen molar-refractivity contribution >= 4 is 72.5 Å². The van der Waals surface area contributed by atoms with Crippen molar-refractivity contribution in [2.24, 2.45) is 0 Å². The Morgan fingerprint density at radius 1 is 1.00 bits per heavy atom. The lowest BCUT2D eigenvalue weighted by molar-refractivity contribution is -0.121. The maximum absolute atomic E-state index is 13.7. The molecule has 2 aromatic rings. The fraction of sp³-hybridized carbons (Fsp3) is 0.400. The van der Waals surface area contributed by atoms with Crippen LogP contribution in [0.2, 0.25) is 10.4 Å². The van der Waals surface area contributed by atoms with E-state index in [4.69, 9.17) is 9.47 Å². The average molecular weight is 534 g/mol. The van der Waals surface area contributed by atoms with Gasteiger partial charge in [0, 0.05) is 42.6 Å². The number of fused-ring (bicyclic) bond motifs is 1. The Hall–Kier alpha value is -2.78. The summed E-state index contributed by atoms with van der Waals surface area (Å²) in [6, 6.07) is 14.1. The van der Waals surface area contributed by atoms with E-state index >= 15 is 0 Å². The van der Waals surface area contributed by atoms with Gasteiger partial charge in [-0.2, -0.15) is 0 Å². The Balaban J connectivity index is 1.49. The Bertz CT molecular complexity index is 1280. The monoisotopic (exact) mass is 535 g/mol. The Kier molecular flexibility index (Phi) is 8.76. The molecule has 1 fully saturated rings. The van der Waals surface area contributed by atoms with Crippen molar-refractivity contribution in [2.75, 3.05) is 32.8 Å². The van der Waals surface area contributed by atoms with Crippen LogP contribution in [0.3, 0.4) is 0 Å². The molecule has 0 radical (unpaired) electrons. The maximum Gasteiger partial charge on any atom is 0.253 e. The van der Waals surface area contributed by atoms with E-state index in [-0.39, 0.29) is 11.8 Å². The van der Waals surface area contributed by atoms with E-state index in [0.29, 0.717) is 24.5 Å². The van der Waals surface area contributed by atoms with Crippen molar-refractivity contribution in [3.63, 3.8) is 0 Å². The second kappa shape index (κ2) is 11.6. The number of morpholine rings is 1. The van der Waals surface area contributed by atoms with E-state index in [0.717, 1.165) is 44.0 Å². The van der Waals surface area contributed by atoms with Gasteiger partial charge in [-0.25, -0.2) is 0 Å². The first-order chi connectivity index (χ1) is 18.7. The third kappa shape index (κ3) is 6.10. The topological polar surface area (TPSA) is 88.2 Å². The summed E-state index contributed by atoms with van der Waals surface area (Å²) < 4.78 is 11.8. The van der Waals surface area contributed by atoms with Crippen molar-refractivity contribution < 1.29 is 23.9 Å². The largest absolute Gasteiger partial charge is 0.489 e. The van der Waals surface area contributed by atoms with Crippen LogP contribution >= 0.6 is 0 Å². The van der Waals surface area contributed by atoms with Gasteiger partial charge in [-0.1, -0.05) is 35.5 Å². The number of benzene rings is 2. The Labute approximate surface area is 243 Å². The van der Waals surface area contributed by atoms with E-state index in [1.807, 2.05) is 70.2 Å². The lowest BCUT2D eigenvalue weighted by atomic mass is 9.29. The van der Waals surface area contributed by atoms with Crippen LogP contribution < -0.4 is 10.1 Å². The van der Waals surface area contributed by atoms with E-state index in [1.54, 1.807) is 0 Å². The zero-order chi connectivity index (χ0) is 29.3. The van der Waals surface area contributed by atoms with Gasteiger partial charge in [0.2, 0.25) is 13.8 Å². The van der Waals surface area contributed by atoms with Crippen LogP contribution in [0.5, 0.6) is 5.75 Å². The van der Waals surface area contributed by atoms with Gasteiger partial charge in [-0.3, -0.25) is 19.3 Å². The molecule has 2 aliphatic heterocycles. The number of carbonyl (C=O) groups excluding carboxylic acids is 3. The maximum atomic E-state index is 13.7. The molecule has 1 saturated heterocycles. The second-order valence-corrected chi connectivity index (χ2v) is 12.6. The lowest BCUT2D eigenvalue weighted by Crippen LogP contribution is -2.55. The summed E-state index contributed by atoms with van der Waals surface area (Å²) in [4.78, 5) is 42.4. The summed E-state index contributed by atoms with van der Waals surface area (Å²) in [5.74, 6) is -0.157. The summed E-state index contributed by atoms with van der Waals surface area (Å²) >= 11 is 0. The van der Waals surface area contributed by atoms with E-state index in [9.17, 15) is 14.4 Å². The highest BCUT2D eigenvalue weighted by molar-refractivity contribution is 6.64. The molecular weight excluding hydrogens is 498 g/mol. The van der Waals surface area contributed by atoms with Crippen molar-refractivity contribution in [3.8, 4) is 5.75 Å². The molecule has 4 rings (SSSR count). The normalized spacial score (nSPS) is 17.3. The molecule has 0 atom stereocenters. The number of carbonyl (C=O) groups is 3. The minimum atomic E-state index is -0.906. The first-order valence-corrected chi connectivity index (χ1v) is 14.0. The number of hydrogen-bond donors (Lipinski definition) is 1. The third-order valence-electron chi connectivity index (χ3n) is 8.82. The number of nitrogens with zero attached hydrogens (tertiary/aromatic N) is 2. The molecule has 0 aromatic heterocycles. The van der Waals surface area contributed by atoms with Crippen molar-refractivity contribution in [1.82, 2.24) is 15.1 Å². The summed E-state index contributed by atoms with van der Waals surface area (Å²) in [5.41, 5.74) is 3.79. The first kappa shape index (κ1) is 30.2. The number of imide groups is 1. The van der Waals surface area contributed by atoms with E-state index < -0.39 is 21.6 Å². The molecule has 2 aromatic carbocycles. The molecule has 2 heterocycles. The van der Waals surface area contributed by atoms with Crippen LogP contribution in [-0.4, -0.2) is 115 Å². The number of hydrogen-bond acceptors (Lipinski definition) is 6. The predicted octanol–water partition coefficient (Wildman–Crippen LogP) is -4.44. The molecule has 40 heavy (non-hydrogen) atoms. The lowest BCUT2D eigenvalue weighted by Gasteiger charge is -2.46. The minimum Gasteiger partial charge on any atom is -0.489 e. The molecule has 0 unspecified atom stereocenters. The van der Waals surface area contributed by atoms with Crippen LogP contribution in [0.15, 0.2) is 42.5 Å². The quantitative estimate of drug-likeness (QED) is 0.327. The predicted molar refractivity (Wildman–Crippen MR) is 175 cm³/mol. The zero-order valence-corrected chi connectivity index (χ0v) is 24.9. The molecule has 1 N–H and O–H groups in total. The van der Waals surface area contributed by atoms with Gasteiger partial charge >= 0.3 is 0 Å². The molecule has 0 spiro atoms. The van der Waals surface area contributed by atoms with Crippen LogP contribution in [-0.2, 0) is 28.0 Å². The molecule has 8 nitrogen and oxygen atoms in total. The standard InChI is InChI=1S/C25H36B7N3O5/c26-22(38)33-21(37)24(29,30)23(27,28)14-35-20(36)17-2-1-3-18(19(17)25(35,31)32)40-13-16-6-4-15(5-7-16)12-34-8-10-39-11-9-34/h1-7H,8-14,26-32H2,(H,33,37,38). The molecule has 3 amide bonds. The third-order valence-corrected chi connectivity index (χ3v) is 8.82. The van der Waals surface area contributed by atoms with Crippen molar-refractivity contribution in [2.45, 2.75) is 28.9 Å². The van der Waals surface area contributed by atoms with Crippen LogP contribution in [0.25, 0.3) is 0 Å². The van der Waals surface area contributed by atoms with Gasteiger partial charge in [0.15, 0.2) is 5.81 Å². The fourth-order valence-corrected chi connectivity index (χ4v) is 5.40. The fourth-order valence-electron chi connectivity index (χ4n) is 5.40. The molecule has 15 heteroatoms. The number of nitrogens with one attached hydrogen (secondary N) is 1. The van der Waals surface area contributed by atoms with E-state index in [2.05, 4.69) is 34.5 Å². The second-order valence-electron chi connectivity index (χ2n) is 12.6. The molecule has 0 saturated carbocycles. The summed E-state index contributed by atoms with van der Waals surface area (Å²) in [5, 5.41) is 0.223. The van der Waals surface area contributed by atoms with Gasteiger partial charge in [0.1, 0.15) is 59.4 Å². The van der Waals surface area contributed by atoms with Crippen LogP contribution in [0.1, 0.15) is 27.0 Å². The van der Waals surface area contributed by atoms with Gasteiger partial charge in [0.05, 0.1) is 13.2 Å². The number of rotatable bonds is 9. The highest BCUT2D eigenvalue weighted by atomic mass is 16.5. The number of amides is 3. The molecular formula is C25H36B7N3O5. The van der Waals surface area contributed by atoms with Crippen molar-refractivity contribution in [3.05, 3.63) is 64.7 Å². The van der Waals surface area contributed by atoms with Crippen molar-refractivity contribution in [1.29, 1.82) is 0 Å². The van der Waals surface area contributed by atoms with Crippen LogP contribution in [0.4, 0.5) is 4.79 Å². The minimum absolute atomic E-state index is 0.0891. The van der Waals surface area contributed by atoms with Crippen LogP contribution in [0, 0.1) is 0 Å². The molecule has 0 aliphatic carbocycles. The molecule has 0 bridgehead atoms. The highest BCUT2D eigenvalue weighted by Gasteiger charge is 2.50. The Morgan fingerprint density at radius 2 is 1.62 bits per heavy atom. The summed E-state index contributed by atoms with van der Waals surface area (Å²) in [6.07, 6.45) is 0. The summed E-state index contributed by atoms with van der Waals surface area (Å²) in [7, 11) is 12.9. The molecule has 202 valence electrons. The zero-order valence-electron chi connectivity index (χ0n) is 24.9. The van der Waals surface area contributed by atoms with Gasteiger partial charge in [0.25, 0.3) is 5.91 Å². The highest BCUT2D eigenvalue weighted by Crippen LogP contribution is 2.47.